The molecule has 2 aromatic carbocycles. The average molecular weight is 306 g/mol. The van der Waals surface area contributed by atoms with Crippen molar-refractivity contribution in [1.82, 2.24) is 0 Å². The molecular formula is C17H17ClFNO. The molecule has 0 saturated carbocycles. The highest BCUT2D eigenvalue weighted by Crippen LogP contribution is 2.28. The van der Waals surface area contributed by atoms with Gasteiger partial charge in [-0.25, -0.2) is 4.39 Å². The van der Waals surface area contributed by atoms with Crippen LogP contribution in [0.25, 0.3) is 0 Å². The molecule has 0 fully saturated rings. The van der Waals surface area contributed by atoms with Crippen LogP contribution in [0.5, 0.6) is 0 Å². The van der Waals surface area contributed by atoms with Gasteiger partial charge in [0.15, 0.2) is 0 Å². The van der Waals surface area contributed by atoms with Gasteiger partial charge < -0.3 is 5.32 Å². The van der Waals surface area contributed by atoms with Gasteiger partial charge in [-0.05, 0) is 56.2 Å². The highest BCUT2D eigenvalue weighted by atomic mass is 35.5. The Kier molecular flexibility index (Phi) is 4.33. The van der Waals surface area contributed by atoms with Crippen molar-refractivity contribution in [2.24, 2.45) is 0 Å². The van der Waals surface area contributed by atoms with E-state index in [0.29, 0.717) is 10.7 Å². The molecule has 21 heavy (non-hydrogen) atoms. The molecule has 1 N–H and O–H groups in total. The number of carbonyl (C=O) groups excluding carboxylic acids is 1. The molecule has 0 heterocycles. The van der Waals surface area contributed by atoms with E-state index in [4.69, 9.17) is 11.6 Å². The highest BCUT2D eigenvalue weighted by molar-refractivity contribution is 6.31. The van der Waals surface area contributed by atoms with Gasteiger partial charge in [0.1, 0.15) is 5.82 Å². The molecule has 0 saturated heterocycles. The van der Waals surface area contributed by atoms with E-state index in [2.05, 4.69) is 5.32 Å². The van der Waals surface area contributed by atoms with Gasteiger partial charge in [-0.3, -0.25) is 4.79 Å². The molecular weight excluding hydrogens is 289 g/mol. The molecule has 0 aliphatic carbocycles. The van der Waals surface area contributed by atoms with Gasteiger partial charge >= 0.3 is 0 Å². The molecule has 2 nitrogen and oxygen atoms in total. The molecule has 4 heteroatoms. The molecule has 0 aliphatic heterocycles. The summed E-state index contributed by atoms with van der Waals surface area (Å²) in [5.74, 6) is -0.486. The van der Waals surface area contributed by atoms with E-state index in [9.17, 15) is 9.18 Å². The SMILES string of the molecule is Cc1c(Cl)cccc1NC(=O)C(C)(C)c1ccc(F)cc1. The Morgan fingerprint density at radius 2 is 1.76 bits per heavy atom. The van der Waals surface area contributed by atoms with Gasteiger partial charge in [-0.1, -0.05) is 29.8 Å². The van der Waals surface area contributed by atoms with Gasteiger partial charge in [-0.2, -0.15) is 0 Å². The fourth-order valence-electron chi connectivity index (χ4n) is 2.02. The number of amides is 1. The summed E-state index contributed by atoms with van der Waals surface area (Å²) >= 11 is 6.05. The van der Waals surface area contributed by atoms with Crippen LogP contribution in [-0.2, 0) is 10.2 Å². The van der Waals surface area contributed by atoms with E-state index in [1.54, 1.807) is 44.2 Å². The van der Waals surface area contributed by atoms with Crippen molar-refractivity contribution in [3.05, 3.63) is 64.4 Å². The summed E-state index contributed by atoms with van der Waals surface area (Å²) in [4.78, 5) is 12.5. The van der Waals surface area contributed by atoms with Crippen LogP contribution < -0.4 is 5.32 Å². The predicted octanol–water partition coefficient (Wildman–Crippen LogP) is 4.70. The second kappa shape index (κ2) is 5.86. The monoisotopic (exact) mass is 305 g/mol. The lowest BCUT2D eigenvalue weighted by Crippen LogP contribution is -2.34. The average Bonchev–Trinajstić information content (AvgIpc) is 2.44. The van der Waals surface area contributed by atoms with E-state index in [1.165, 1.54) is 12.1 Å². The number of halogens is 2. The summed E-state index contributed by atoms with van der Waals surface area (Å²) in [7, 11) is 0. The third-order valence-electron chi connectivity index (χ3n) is 3.65. The number of hydrogen-bond acceptors (Lipinski definition) is 1. The molecule has 0 aromatic heterocycles. The number of rotatable bonds is 3. The van der Waals surface area contributed by atoms with Crippen LogP contribution in [-0.4, -0.2) is 5.91 Å². The van der Waals surface area contributed by atoms with Crippen molar-refractivity contribution < 1.29 is 9.18 Å². The molecule has 110 valence electrons. The van der Waals surface area contributed by atoms with Gasteiger partial charge in [0.05, 0.1) is 5.41 Å². The maximum absolute atomic E-state index is 13.0. The molecule has 2 aromatic rings. The Morgan fingerprint density at radius 3 is 2.38 bits per heavy atom. The number of benzene rings is 2. The van der Waals surface area contributed by atoms with E-state index >= 15 is 0 Å². The normalized spacial score (nSPS) is 11.3. The summed E-state index contributed by atoms with van der Waals surface area (Å²) in [6.07, 6.45) is 0. The zero-order valence-corrected chi connectivity index (χ0v) is 13.0. The van der Waals surface area contributed by atoms with Crippen LogP contribution in [0.4, 0.5) is 10.1 Å². The molecule has 0 unspecified atom stereocenters. The van der Waals surface area contributed by atoms with Crippen molar-refractivity contribution in [1.29, 1.82) is 0 Å². The van der Waals surface area contributed by atoms with Crippen LogP contribution in [0.15, 0.2) is 42.5 Å². The third-order valence-corrected chi connectivity index (χ3v) is 4.06. The first-order valence-corrected chi connectivity index (χ1v) is 7.03. The molecule has 0 radical (unpaired) electrons. The topological polar surface area (TPSA) is 29.1 Å². The van der Waals surface area contributed by atoms with E-state index < -0.39 is 5.41 Å². The minimum absolute atomic E-state index is 0.167. The van der Waals surface area contributed by atoms with Crippen molar-refractivity contribution in [3.63, 3.8) is 0 Å². The van der Waals surface area contributed by atoms with Gasteiger partial charge in [-0.15, -0.1) is 0 Å². The van der Waals surface area contributed by atoms with Gasteiger partial charge in [0.25, 0.3) is 0 Å². The fourth-order valence-corrected chi connectivity index (χ4v) is 2.19. The number of nitrogens with one attached hydrogen (secondary N) is 1. The Labute approximate surface area is 128 Å². The zero-order chi connectivity index (χ0) is 15.6. The van der Waals surface area contributed by atoms with Crippen molar-refractivity contribution in [2.75, 3.05) is 5.32 Å². The fraction of sp³-hybridized carbons (Fsp3) is 0.235. The molecule has 0 atom stereocenters. The van der Waals surface area contributed by atoms with Crippen molar-refractivity contribution in [2.45, 2.75) is 26.2 Å². The summed E-state index contributed by atoms with van der Waals surface area (Å²) < 4.78 is 13.0. The third kappa shape index (κ3) is 3.24. The lowest BCUT2D eigenvalue weighted by Gasteiger charge is -2.25. The first-order chi connectivity index (χ1) is 9.82. The maximum atomic E-state index is 13.0. The minimum atomic E-state index is -0.775. The van der Waals surface area contributed by atoms with Crippen molar-refractivity contribution >= 4 is 23.2 Å². The number of hydrogen-bond donors (Lipinski definition) is 1. The second-order valence-corrected chi connectivity index (χ2v) is 5.91. The second-order valence-electron chi connectivity index (χ2n) is 5.50. The predicted molar refractivity (Wildman–Crippen MR) is 84.2 cm³/mol. The summed E-state index contributed by atoms with van der Waals surface area (Å²) in [6.45, 7) is 5.45. The number of anilines is 1. The van der Waals surface area contributed by atoms with Crippen LogP contribution in [0.3, 0.4) is 0 Å². The first kappa shape index (κ1) is 15.5. The summed E-state index contributed by atoms with van der Waals surface area (Å²) in [5.41, 5.74) is 1.48. The lowest BCUT2D eigenvalue weighted by atomic mass is 9.83. The summed E-state index contributed by atoms with van der Waals surface area (Å²) in [6, 6.07) is 11.3. The Balaban J connectivity index is 2.26. The quantitative estimate of drug-likeness (QED) is 0.874. The van der Waals surface area contributed by atoms with Crippen LogP contribution in [0.2, 0.25) is 5.02 Å². The minimum Gasteiger partial charge on any atom is -0.325 e. The lowest BCUT2D eigenvalue weighted by molar-refractivity contribution is -0.120. The Morgan fingerprint density at radius 1 is 1.14 bits per heavy atom. The first-order valence-electron chi connectivity index (χ1n) is 6.65. The number of carbonyl (C=O) groups is 1. The largest absolute Gasteiger partial charge is 0.325 e. The van der Waals surface area contributed by atoms with Gasteiger partial charge in [0.2, 0.25) is 5.91 Å². The molecule has 0 spiro atoms. The van der Waals surface area contributed by atoms with E-state index in [1.807, 2.05) is 6.92 Å². The Bertz CT molecular complexity index is 665. The maximum Gasteiger partial charge on any atom is 0.234 e. The standard InChI is InChI=1S/C17H17ClFNO/c1-11-14(18)5-4-6-15(11)20-16(21)17(2,3)12-7-9-13(19)10-8-12/h4-10H,1-3H3,(H,20,21). The molecule has 2 rings (SSSR count). The van der Waals surface area contributed by atoms with Crippen LogP contribution >= 0.6 is 11.6 Å². The van der Waals surface area contributed by atoms with Crippen LogP contribution in [0.1, 0.15) is 25.0 Å². The summed E-state index contributed by atoms with van der Waals surface area (Å²) in [5, 5.41) is 3.49. The molecule has 0 aliphatic rings. The van der Waals surface area contributed by atoms with Crippen molar-refractivity contribution in [3.8, 4) is 0 Å². The van der Waals surface area contributed by atoms with E-state index in [0.717, 1.165) is 11.1 Å². The smallest absolute Gasteiger partial charge is 0.234 e. The Hall–Kier alpha value is -1.87. The molecule has 1 amide bonds. The zero-order valence-electron chi connectivity index (χ0n) is 12.2. The van der Waals surface area contributed by atoms with E-state index in [-0.39, 0.29) is 11.7 Å². The van der Waals surface area contributed by atoms with Crippen LogP contribution in [0, 0.1) is 12.7 Å². The van der Waals surface area contributed by atoms with Gasteiger partial charge in [0, 0.05) is 10.7 Å². The highest BCUT2D eigenvalue weighted by Gasteiger charge is 2.30. The molecule has 0 bridgehead atoms.